The molecule has 2 heterocycles. The standard InChI is InChI=1S/C15H12O2S/c16-15(14-4-2-10-18-14)12-7-5-11(6-8-12)13-3-1-9-17-13/h1-10,15-16H. The second kappa shape index (κ2) is 4.80. The molecule has 1 unspecified atom stereocenters. The molecule has 0 bridgehead atoms. The minimum Gasteiger partial charge on any atom is -0.464 e. The van der Waals surface area contributed by atoms with Gasteiger partial charge in [-0.25, -0.2) is 0 Å². The molecule has 0 saturated heterocycles. The molecule has 1 atom stereocenters. The van der Waals surface area contributed by atoms with Crippen molar-refractivity contribution in [2.75, 3.05) is 0 Å². The largest absolute Gasteiger partial charge is 0.464 e. The molecule has 3 rings (SSSR count). The topological polar surface area (TPSA) is 33.4 Å². The summed E-state index contributed by atoms with van der Waals surface area (Å²) in [5, 5.41) is 12.2. The molecule has 90 valence electrons. The van der Waals surface area contributed by atoms with Crippen molar-refractivity contribution in [2.24, 2.45) is 0 Å². The predicted molar refractivity (Wildman–Crippen MR) is 72.5 cm³/mol. The Morgan fingerprint density at radius 3 is 2.44 bits per heavy atom. The Morgan fingerprint density at radius 2 is 1.83 bits per heavy atom. The molecular weight excluding hydrogens is 244 g/mol. The average Bonchev–Trinajstić information content (AvgIpc) is 3.11. The monoisotopic (exact) mass is 256 g/mol. The van der Waals surface area contributed by atoms with E-state index in [4.69, 9.17) is 4.42 Å². The summed E-state index contributed by atoms with van der Waals surface area (Å²) in [5.74, 6) is 0.840. The summed E-state index contributed by atoms with van der Waals surface area (Å²) in [6.45, 7) is 0. The Hall–Kier alpha value is -1.84. The van der Waals surface area contributed by atoms with Crippen molar-refractivity contribution in [1.29, 1.82) is 0 Å². The zero-order valence-corrected chi connectivity index (χ0v) is 10.4. The van der Waals surface area contributed by atoms with Crippen LogP contribution >= 0.6 is 11.3 Å². The summed E-state index contributed by atoms with van der Waals surface area (Å²) in [4.78, 5) is 0.959. The molecule has 0 spiro atoms. The molecule has 0 aliphatic carbocycles. The van der Waals surface area contributed by atoms with Crippen molar-refractivity contribution in [3.8, 4) is 11.3 Å². The van der Waals surface area contributed by atoms with Crippen LogP contribution in [0.25, 0.3) is 11.3 Å². The smallest absolute Gasteiger partial charge is 0.133 e. The summed E-state index contributed by atoms with van der Waals surface area (Å²) in [5.41, 5.74) is 1.91. The molecular formula is C15H12O2S. The Bertz CT molecular complexity index is 595. The fraction of sp³-hybridized carbons (Fsp3) is 0.0667. The van der Waals surface area contributed by atoms with Gasteiger partial charge in [0, 0.05) is 10.4 Å². The van der Waals surface area contributed by atoms with Gasteiger partial charge in [0.1, 0.15) is 11.9 Å². The van der Waals surface area contributed by atoms with Crippen LogP contribution in [-0.2, 0) is 0 Å². The molecule has 0 amide bonds. The number of hydrogen-bond acceptors (Lipinski definition) is 3. The van der Waals surface area contributed by atoms with E-state index in [-0.39, 0.29) is 0 Å². The molecule has 0 fully saturated rings. The first kappa shape index (κ1) is 11.3. The molecule has 0 radical (unpaired) electrons. The molecule has 0 saturated carbocycles. The van der Waals surface area contributed by atoms with Crippen LogP contribution in [0, 0.1) is 0 Å². The lowest BCUT2D eigenvalue weighted by atomic mass is 10.0. The van der Waals surface area contributed by atoms with E-state index < -0.39 is 6.10 Å². The number of thiophene rings is 1. The molecule has 2 nitrogen and oxygen atoms in total. The first-order valence-corrected chi connectivity index (χ1v) is 6.58. The van der Waals surface area contributed by atoms with E-state index in [1.54, 1.807) is 17.6 Å². The molecule has 0 aliphatic heterocycles. The number of rotatable bonds is 3. The second-order valence-corrected chi connectivity index (χ2v) is 5.00. The fourth-order valence-electron chi connectivity index (χ4n) is 1.88. The number of aliphatic hydroxyl groups excluding tert-OH is 1. The van der Waals surface area contributed by atoms with Crippen LogP contribution in [0.15, 0.2) is 64.6 Å². The summed E-state index contributed by atoms with van der Waals surface area (Å²) < 4.78 is 5.33. The van der Waals surface area contributed by atoms with Crippen LogP contribution in [0.2, 0.25) is 0 Å². The number of benzene rings is 1. The second-order valence-electron chi connectivity index (χ2n) is 4.02. The molecule has 2 aromatic heterocycles. The lowest BCUT2D eigenvalue weighted by molar-refractivity contribution is 0.224. The van der Waals surface area contributed by atoms with E-state index in [1.165, 1.54) is 0 Å². The van der Waals surface area contributed by atoms with E-state index >= 15 is 0 Å². The highest BCUT2D eigenvalue weighted by Crippen LogP contribution is 2.28. The lowest BCUT2D eigenvalue weighted by Gasteiger charge is -2.09. The maximum atomic E-state index is 10.2. The Balaban J connectivity index is 1.87. The van der Waals surface area contributed by atoms with Crippen molar-refractivity contribution in [2.45, 2.75) is 6.10 Å². The van der Waals surface area contributed by atoms with Crippen LogP contribution in [0.4, 0.5) is 0 Å². The minimum atomic E-state index is -0.546. The highest BCUT2D eigenvalue weighted by molar-refractivity contribution is 7.10. The van der Waals surface area contributed by atoms with Crippen LogP contribution in [-0.4, -0.2) is 5.11 Å². The van der Waals surface area contributed by atoms with E-state index in [1.807, 2.05) is 53.9 Å². The molecule has 1 aromatic carbocycles. The maximum Gasteiger partial charge on any atom is 0.133 e. The van der Waals surface area contributed by atoms with Gasteiger partial charge < -0.3 is 9.52 Å². The number of hydrogen-bond donors (Lipinski definition) is 1. The van der Waals surface area contributed by atoms with Gasteiger partial charge in [-0.2, -0.15) is 0 Å². The van der Waals surface area contributed by atoms with Crippen molar-refractivity contribution in [1.82, 2.24) is 0 Å². The first-order valence-electron chi connectivity index (χ1n) is 5.70. The third kappa shape index (κ3) is 2.10. The zero-order chi connectivity index (χ0) is 12.4. The minimum absolute atomic E-state index is 0.546. The van der Waals surface area contributed by atoms with Gasteiger partial charge in [-0.05, 0) is 29.1 Å². The van der Waals surface area contributed by atoms with Crippen molar-refractivity contribution < 1.29 is 9.52 Å². The number of aliphatic hydroxyl groups is 1. The quantitative estimate of drug-likeness (QED) is 0.765. The molecule has 0 aliphatic rings. The highest BCUT2D eigenvalue weighted by atomic mass is 32.1. The summed E-state index contributed by atoms with van der Waals surface area (Å²) >= 11 is 1.56. The van der Waals surface area contributed by atoms with E-state index in [9.17, 15) is 5.11 Å². The van der Waals surface area contributed by atoms with Crippen LogP contribution in [0.1, 0.15) is 16.5 Å². The third-order valence-corrected chi connectivity index (χ3v) is 3.77. The zero-order valence-electron chi connectivity index (χ0n) is 9.61. The predicted octanol–water partition coefficient (Wildman–Crippen LogP) is 4.09. The Labute approximate surface area is 109 Å². The summed E-state index contributed by atoms with van der Waals surface area (Å²) in [6, 6.07) is 15.5. The van der Waals surface area contributed by atoms with E-state index in [0.717, 1.165) is 21.8 Å². The summed E-state index contributed by atoms with van der Waals surface area (Å²) in [7, 11) is 0. The van der Waals surface area contributed by atoms with Gasteiger partial charge in [0.05, 0.1) is 6.26 Å². The molecule has 1 N–H and O–H groups in total. The molecule has 3 aromatic rings. The van der Waals surface area contributed by atoms with Gasteiger partial charge in [-0.15, -0.1) is 11.3 Å². The molecule has 3 heteroatoms. The summed E-state index contributed by atoms with van der Waals surface area (Å²) in [6.07, 6.45) is 1.11. The third-order valence-electron chi connectivity index (χ3n) is 2.84. The van der Waals surface area contributed by atoms with Crippen molar-refractivity contribution >= 4 is 11.3 Å². The van der Waals surface area contributed by atoms with Gasteiger partial charge in [-0.1, -0.05) is 30.3 Å². The van der Waals surface area contributed by atoms with Gasteiger partial charge in [0.15, 0.2) is 0 Å². The van der Waals surface area contributed by atoms with Gasteiger partial charge in [-0.3, -0.25) is 0 Å². The Kier molecular flexibility index (Phi) is 3.00. The Morgan fingerprint density at radius 1 is 1.00 bits per heavy atom. The van der Waals surface area contributed by atoms with Crippen molar-refractivity contribution in [3.63, 3.8) is 0 Å². The van der Waals surface area contributed by atoms with Crippen LogP contribution < -0.4 is 0 Å². The fourth-order valence-corrected chi connectivity index (χ4v) is 2.62. The first-order chi connectivity index (χ1) is 8.84. The normalized spacial score (nSPS) is 12.5. The van der Waals surface area contributed by atoms with Crippen LogP contribution in [0.3, 0.4) is 0 Å². The van der Waals surface area contributed by atoms with E-state index in [0.29, 0.717) is 0 Å². The van der Waals surface area contributed by atoms with E-state index in [2.05, 4.69) is 0 Å². The van der Waals surface area contributed by atoms with Crippen molar-refractivity contribution in [3.05, 3.63) is 70.6 Å². The van der Waals surface area contributed by atoms with Gasteiger partial charge in [0.2, 0.25) is 0 Å². The lowest BCUT2D eigenvalue weighted by Crippen LogP contribution is -1.96. The highest BCUT2D eigenvalue weighted by Gasteiger charge is 2.11. The molecule has 18 heavy (non-hydrogen) atoms. The SMILES string of the molecule is OC(c1ccc(-c2ccco2)cc1)c1cccs1. The van der Waals surface area contributed by atoms with Crippen LogP contribution in [0.5, 0.6) is 0 Å². The average molecular weight is 256 g/mol. The maximum absolute atomic E-state index is 10.2. The van der Waals surface area contributed by atoms with Gasteiger partial charge in [0.25, 0.3) is 0 Å². The number of furan rings is 1. The van der Waals surface area contributed by atoms with Gasteiger partial charge >= 0.3 is 0 Å².